The van der Waals surface area contributed by atoms with Gasteiger partial charge >= 0.3 is 0 Å². The standard InChI is InChI=1S/C23H29N3O3/c1-17-7-9-18(10-8-17)15-25(2)22(28)16-26-13-11-19(12-14-26)23(29)24-20-5-3-4-6-21(20)27/h3-10,19,27H,11-16H2,1-2H3,(H,24,29). The Labute approximate surface area is 172 Å². The number of hydrogen-bond donors (Lipinski definition) is 2. The van der Waals surface area contributed by atoms with Crippen molar-refractivity contribution < 1.29 is 14.7 Å². The average Bonchev–Trinajstić information content (AvgIpc) is 2.72. The van der Waals surface area contributed by atoms with Crippen LogP contribution in [0.15, 0.2) is 48.5 Å². The van der Waals surface area contributed by atoms with E-state index in [9.17, 15) is 14.7 Å². The topological polar surface area (TPSA) is 72.9 Å². The molecule has 2 aromatic carbocycles. The van der Waals surface area contributed by atoms with Crippen LogP contribution in [-0.4, -0.2) is 53.4 Å². The number of hydrogen-bond acceptors (Lipinski definition) is 4. The number of carbonyl (C=O) groups is 2. The van der Waals surface area contributed by atoms with Crippen molar-refractivity contribution in [3.05, 3.63) is 59.7 Å². The SMILES string of the molecule is Cc1ccc(CN(C)C(=O)CN2CCC(C(=O)Nc3ccccc3O)CC2)cc1. The van der Waals surface area contributed by atoms with Gasteiger partial charge in [0.25, 0.3) is 0 Å². The van der Waals surface area contributed by atoms with Crippen molar-refractivity contribution in [2.45, 2.75) is 26.3 Å². The van der Waals surface area contributed by atoms with Crippen molar-refractivity contribution in [3.8, 4) is 5.75 Å². The molecule has 3 rings (SSSR count). The molecule has 29 heavy (non-hydrogen) atoms. The minimum absolute atomic E-state index is 0.0699. The number of aromatic hydroxyl groups is 1. The van der Waals surface area contributed by atoms with Crippen molar-refractivity contribution >= 4 is 17.5 Å². The van der Waals surface area contributed by atoms with Gasteiger partial charge in [0, 0.05) is 19.5 Å². The van der Waals surface area contributed by atoms with E-state index in [0.29, 0.717) is 44.7 Å². The van der Waals surface area contributed by atoms with Crippen LogP contribution in [0.2, 0.25) is 0 Å². The molecule has 1 fully saturated rings. The van der Waals surface area contributed by atoms with Gasteiger partial charge in [-0.3, -0.25) is 14.5 Å². The molecule has 2 aromatic rings. The Hall–Kier alpha value is -2.86. The lowest BCUT2D eigenvalue weighted by molar-refractivity contribution is -0.132. The van der Waals surface area contributed by atoms with Crippen LogP contribution in [0.4, 0.5) is 5.69 Å². The third-order valence-corrected chi connectivity index (χ3v) is 5.45. The van der Waals surface area contributed by atoms with Crippen LogP contribution in [0.5, 0.6) is 5.75 Å². The highest BCUT2D eigenvalue weighted by Gasteiger charge is 2.27. The third-order valence-electron chi connectivity index (χ3n) is 5.45. The molecule has 0 unspecified atom stereocenters. The first-order valence-electron chi connectivity index (χ1n) is 10.0. The molecular weight excluding hydrogens is 366 g/mol. The van der Waals surface area contributed by atoms with Crippen LogP contribution in [0.1, 0.15) is 24.0 Å². The first-order chi connectivity index (χ1) is 13.9. The molecule has 2 amide bonds. The van der Waals surface area contributed by atoms with Gasteiger partial charge in [-0.15, -0.1) is 0 Å². The van der Waals surface area contributed by atoms with Gasteiger partial charge < -0.3 is 15.3 Å². The Balaban J connectivity index is 1.44. The molecule has 0 aliphatic carbocycles. The van der Waals surface area contributed by atoms with Gasteiger partial charge in [-0.1, -0.05) is 42.0 Å². The summed E-state index contributed by atoms with van der Waals surface area (Å²) in [6, 6.07) is 14.9. The molecule has 0 bridgehead atoms. The predicted octanol–water partition coefficient (Wildman–Crippen LogP) is 3.01. The zero-order chi connectivity index (χ0) is 20.8. The summed E-state index contributed by atoms with van der Waals surface area (Å²) in [6.07, 6.45) is 1.41. The molecule has 0 spiro atoms. The number of likely N-dealkylation sites (tertiary alicyclic amines) is 1. The lowest BCUT2D eigenvalue weighted by Crippen LogP contribution is -2.43. The second-order valence-electron chi connectivity index (χ2n) is 7.79. The Morgan fingerprint density at radius 2 is 1.76 bits per heavy atom. The van der Waals surface area contributed by atoms with E-state index in [1.807, 2.05) is 26.1 Å². The maximum absolute atomic E-state index is 12.6. The van der Waals surface area contributed by atoms with Crippen molar-refractivity contribution in [1.29, 1.82) is 0 Å². The molecule has 1 heterocycles. The van der Waals surface area contributed by atoms with Gasteiger partial charge in [0.2, 0.25) is 11.8 Å². The number of likely N-dealkylation sites (N-methyl/N-ethyl adjacent to an activating group) is 1. The van der Waals surface area contributed by atoms with Crippen LogP contribution in [0.25, 0.3) is 0 Å². The number of rotatable bonds is 6. The number of phenols is 1. The fourth-order valence-electron chi connectivity index (χ4n) is 3.53. The molecule has 154 valence electrons. The highest BCUT2D eigenvalue weighted by Crippen LogP contribution is 2.24. The van der Waals surface area contributed by atoms with Crippen LogP contribution in [0.3, 0.4) is 0 Å². The molecule has 0 atom stereocenters. The molecular formula is C23H29N3O3. The number of phenolic OH excluding ortho intramolecular Hbond substituents is 1. The quantitative estimate of drug-likeness (QED) is 0.738. The molecule has 2 N–H and O–H groups in total. The zero-order valence-corrected chi connectivity index (χ0v) is 17.1. The number of carbonyl (C=O) groups excluding carboxylic acids is 2. The number of nitrogens with zero attached hydrogens (tertiary/aromatic N) is 2. The largest absolute Gasteiger partial charge is 0.506 e. The van der Waals surface area contributed by atoms with Gasteiger partial charge in [0.05, 0.1) is 12.2 Å². The highest BCUT2D eigenvalue weighted by atomic mass is 16.3. The summed E-state index contributed by atoms with van der Waals surface area (Å²) < 4.78 is 0. The predicted molar refractivity (Wildman–Crippen MR) is 114 cm³/mol. The summed E-state index contributed by atoms with van der Waals surface area (Å²) >= 11 is 0. The number of para-hydroxylation sites is 2. The Bertz CT molecular complexity index is 843. The number of nitrogens with one attached hydrogen (secondary N) is 1. The maximum atomic E-state index is 12.6. The van der Waals surface area contributed by atoms with Crippen molar-refractivity contribution in [3.63, 3.8) is 0 Å². The summed E-state index contributed by atoms with van der Waals surface area (Å²) in [6.45, 7) is 4.44. The van der Waals surface area contributed by atoms with Crippen molar-refractivity contribution in [2.75, 3.05) is 32.0 Å². The van der Waals surface area contributed by atoms with Crippen molar-refractivity contribution in [2.24, 2.45) is 5.92 Å². The third kappa shape index (κ3) is 5.81. The maximum Gasteiger partial charge on any atom is 0.236 e. The van der Waals surface area contributed by atoms with Crippen LogP contribution in [0, 0.1) is 12.8 Å². The first-order valence-corrected chi connectivity index (χ1v) is 10.0. The fourth-order valence-corrected chi connectivity index (χ4v) is 3.53. The summed E-state index contributed by atoms with van der Waals surface area (Å²) in [5, 5.41) is 12.6. The van der Waals surface area contributed by atoms with E-state index in [0.717, 1.165) is 5.56 Å². The molecule has 6 nitrogen and oxygen atoms in total. The van der Waals surface area contributed by atoms with E-state index in [1.54, 1.807) is 29.2 Å². The highest BCUT2D eigenvalue weighted by molar-refractivity contribution is 5.93. The number of anilines is 1. The zero-order valence-electron chi connectivity index (χ0n) is 17.1. The number of piperidine rings is 1. The molecule has 0 aromatic heterocycles. The van der Waals surface area contributed by atoms with Gasteiger partial charge in [-0.2, -0.15) is 0 Å². The molecule has 0 saturated carbocycles. The Morgan fingerprint density at radius 3 is 2.41 bits per heavy atom. The Morgan fingerprint density at radius 1 is 1.10 bits per heavy atom. The summed E-state index contributed by atoms with van der Waals surface area (Å²) in [4.78, 5) is 28.9. The van der Waals surface area contributed by atoms with E-state index >= 15 is 0 Å². The summed E-state index contributed by atoms with van der Waals surface area (Å²) in [5.41, 5.74) is 2.76. The van der Waals surface area contributed by atoms with Gasteiger partial charge in [0.15, 0.2) is 0 Å². The number of benzene rings is 2. The van der Waals surface area contributed by atoms with E-state index in [-0.39, 0.29) is 23.5 Å². The molecule has 1 aliphatic rings. The number of amides is 2. The summed E-state index contributed by atoms with van der Waals surface area (Å²) in [7, 11) is 1.83. The fraction of sp³-hybridized carbons (Fsp3) is 0.391. The minimum atomic E-state index is -0.105. The van der Waals surface area contributed by atoms with E-state index < -0.39 is 0 Å². The minimum Gasteiger partial charge on any atom is -0.506 e. The second kappa shape index (κ2) is 9.56. The van der Waals surface area contributed by atoms with Crippen LogP contribution < -0.4 is 5.32 Å². The van der Waals surface area contributed by atoms with Crippen molar-refractivity contribution in [1.82, 2.24) is 9.80 Å². The average molecular weight is 396 g/mol. The van der Waals surface area contributed by atoms with E-state index in [1.165, 1.54) is 5.56 Å². The molecule has 6 heteroatoms. The molecule has 1 aliphatic heterocycles. The van der Waals surface area contributed by atoms with Gasteiger partial charge in [0.1, 0.15) is 5.75 Å². The van der Waals surface area contributed by atoms with E-state index in [2.05, 4.69) is 22.3 Å². The molecule has 1 saturated heterocycles. The Kier molecular flexibility index (Phi) is 6.88. The second-order valence-corrected chi connectivity index (χ2v) is 7.79. The lowest BCUT2D eigenvalue weighted by atomic mass is 9.95. The normalized spacial score (nSPS) is 15.1. The van der Waals surface area contributed by atoms with Gasteiger partial charge in [-0.25, -0.2) is 0 Å². The number of aryl methyl sites for hydroxylation is 1. The monoisotopic (exact) mass is 395 g/mol. The van der Waals surface area contributed by atoms with Crippen LogP contribution >= 0.6 is 0 Å². The summed E-state index contributed by atoms with van der Waals surface area (Å²) in [5.74, 6) is -0.0246. The molecule has 0 radical (unpaired) electrons. The smallest absolute Gasteiger partial charge is 0.236 e. The van der Waals surface area contributed by atoms with E-state index in [4.69, 9.17) is 0 Å². The van der Waals surface area contributed by atoms with Crippen LogP contribution in [-0.2, 0) is 16.1 Å². The first kappa shape index (κ1) is 20.9. The van der Waals surface area contributed by atoms with Gasteiger partial charge in [-0.05, 0) is 50.6 Å². The lowest BCUT2D eigenvalue weighted by Gasteiger charge is -2.32.